The van der Waals surface area contributed by atoms with Gasteiger partial charge in [-0.1, -0.05) is 18.2 Å². The van der Waals surface area contributed by atoms with Crippen LogP contribution in [-0.4, -0.2) is 42.2 Å². The van der Waals surface area contributed by atoms with Gasteiger partial charge in [0.15, 0.2) is 11.3 Å². The number of carbonyl (C=O) groups excluding carboxylic acids is 1. The molecule has 0 bridgehead atoms. The van der Waals surface area contributed by atoms with Crippen LogP contribution >= 0.6 is 0 Å². The van der Waals surface area contributed by atoms with E-state index >= 15 is 0 Å². The number of aryl methyl sites for hydroxylation is 2. The average molecular weight is 360 g/mol. The van der Waals surface area contributed by atoms with Crippen LogP contribution in [0.3, 0.4) is 0 Å². The van der Waals surface area contributed by atoms with E-state index in [-0.39, 0.29) is 5.91 Å². The number of carbonyl (C=O) groups is 1. The van der Waals surface area contributed by atoms with Gasteiger partial charge in [0.1, 0.15) is 0 Å². The summed E-state index contributed by atoms with van der Waals surface area (Å²) in [6.07, 6.45) is 3.70. The van der Waals surface area contributed by atoms with Crippen LogP contribution in [0, 0.1) is 13.8 Å². The second-order valence-electron chi connectivity index (χ2n) is 6.63. The number of benzene rings is 1. The molecule has 3 aromatic heterocycles. The second kappa shape index (κ2) is 6.68. The Morgan fingerprint density at radius 3 is 2.70 bits per heavy atom. The predicted molar refractivity (Wildman–Crippen MR) is 102 cm³/mol. The zero-order valence-corrected chi connectivity index (χ0v) is 15.5. The Morgan fingerprint density at radius 1 is 1.15 bits per heavy atom. The molecule has 0 spiro atoms. The Hall–Kier alpha value is -3.48. The lowest BCUT2D eigenvalue weighted by Crippen LogP contribution is -2.26. The van der Waals surface area contributed by atoms with Gasteiger partial charge in [-0.2, -0.15) is 10.2 Å². The van der Waals surface area contributed by atoms with Crippen molar-refractivity contribution >= 4 is 11.6 Å². The Labute approximate surface area is 156 Å². The van der Waals surface area contributed by atoms with Gasteiger partial charge in [-0.05, 0) is 32.0 Å². The molecule has 0 unspecified atom stereocenters. The van der Waals surface area contributed by atoms with Gasteiger partial charge in [0, 0.05) is 42.8 Å². The zero-order chi connectivity index (χ0) is 19.0. The van der Waals surface area contributed by atoms with Crippen LogP contribution < -0.4 is 0 Å². The molecule has 7 heteroatoms. The Morgan fingerprint density at radius 2 is 1.93 bits per heavy atom. The Kier molecular flexibility index (Phi) is 4.19. The molecule has 3 heterocycles. The molecule has 27 heavy (non-hydrogen) atoms. The van der Waals surface area contributed by atoms with E-state index < -0.39 is 0 Å². The molecular formula is C20H20N6O. The first-order chi connectivity index (χ1) is 13.0. The highest BCUT2D eigenvalue weighted by Crippen LogP contribution is 2.13. The molecule has 4 rings (SSSR count). The van der Waals surface area contributed by atoms with Gasteiger partial charge in [0.25, 0.3) is 5.91 Å². The lowest BCUT2D eigenvalue weighted by Gasteiger charge is -2.14. The molecule has 136 valence electrons. The maximum Gasteiger partial charge on any atom is 0.274 e. The molecule has 0 saturated heterocycles. The number of para-hydroxylation sites is 1. The van der Waals surface area contributed by atoms with Crippen LogP contribution in [-0.2, 0) is 6.54 Å². The molecule has 0 saturated carbocycles. The quantitative estimate of drug-likeness (QED) is 0.561. The summed E-state index contributed by atoms with van der Waals surface area (Å²) in [5, 5.41) is 8.79. The van der Waals surface area contributed by atoms with Crippen LogP contribution in [0.25, 0.3) is 11.3 Å². The normalized spacial score (nSPS) is 11.1. The Balaban J connectivity index is 1.53. The predicted octanol–water partition coefficient (Wildman–Crippen LogP) is 2.80. The summed E-state index contributed by atoms with van der Waals surface area (Å²) in [6, 6.07) is 13.5. The molecule has 0 fully saturated rings. The van der Waals surface area contributed by atoms with Crippen LogP contribution in [0.15, 0.2) is 54.9 Å². The third kappa shape index (κ3) is 3.31. The molecule has 0 aliphatic heterocycles. The van der Waals surface area contributed by atoms with Crippen LogP contribution in [0.4, 0.5) is 0 Å². The van der Waals surface area contributed by atoms with Gasteiger partial charge in [-0.3, -0.25) is 4.79 Å². The molecule has 0 aliphatic rings. The van der Waals surface area contributed by atoms with Gasteiger partial charge < -0.3 is 4.90 Å². The number of hydrogen-bond acceptors (Lipinski definition) is 4. The lowest BCUT2D eigenvalue weighted by molar-refractivity contribution is 0.0779. The molecule has 0 aliphatic carbocycles. The fourth-order valence-corrected chi connectivity index (χ4v) is 3.10. The van der Waals surface area contributed by atoms with Gasteiger partial charge in [-0.25, -0.2) is 14.2 Å². The largest absolute Gasteiger partial charge is 0.336 e. The van der Waals surface area contributed by atoms with E-state index in [9.17, 15) is 4.79 Å². The summed E-state index contributed by atoms with van der Waals surface area (Å²) in [5.41, 5.74) is 4.85. The van der Waals surface area contributed by atoms with Crippen molar-refractivity contribution in [2.24, 2.45) is 0 Å². The first-order valence-corrected chi connectivity index (χ1v) is 8.70. The van der Waals surface area contributed by atoms with E-state index in [0.717, 1.165) is 22.6 Å². The lowest BCUT2D eigenvalue weighted by atomic mass is 10.3. The fraction of sp³-hybridized carbons (Fsp3) is 0.200. The number of fused-ring (bicyclic) bond motifs is 1. The van der Waals surface area contributed by atoms with E-state index in [2.05, 4.69) is 15.2 Å². The topological polar surface area (TPSA) is 68.3 Å². The van der Waals surface area contributed by atoms with Crippen molar-refractivity contribution in [2.45, 2.75) is 20.4 Å². The van der Waals surface area contributed by atoms with Crippen molar-refractivity contribution in [2.75, 3.05) is 7.05 Å². The van der Waals surface area contributed by atoms with Crippen molar-refractivity contribution in [1.29, 1.82) is 0 Å². The van der Waals surface area contributed by atoms with Crippen molar-refractivity contribution in [3.05, 3.63) is 77.5 Å². The first kappa shape index (κ1) is 17.0. The smallest absolute Gasteiger partial charge is 0.274 e. The number of hydrogen-bond donors (Lipinski definition) is 0. The first-order valence-electron chi connectivity index (χ1n) is 8.70. The molecule has 0 atom stereocenters. The van der Waals surface area contributed by atoms with Gasteiger partial charge >= 0.3 is 0 Å². The van der Waals surface area contributed by atoms with Gasteiger partial charge in [0.05, 0.1) is 11.9 Å². The molecule has 1 amide bonds. The third-order valence-corrected chi connectivity index (χ3v) is 4.38. The summed E-state index contributed by atoms with van der Waals surface area (Å²) in [4.78, 5) is 18.9. The van der Waals surface area contributed by atoms with E-state index in [1.165, 1.54) is 0 Å². The van der Waals surface area contributed by atoms with E-state index in [0.29, 0.717) is 17.9 Å². The van der Waals surface area contributed by atoms with E-state index in [1.807, 2.05) is 56.4 Å². The number of nitrogens with zero attached hydrogens (tertiary/aromatic N) is 6. The van der Waals surface area contributed by atoms with Crippen LogP contribution in [0.1, 0.15) is 27.4 Å². The monoisotopic (exact) mass is 360 g/mol. The summed E-state index contributed by atoms with van der Waals surface area (Å²) < 4.78 is 3.50. The highest BCUT2D eigenvalue weighted by molar-refractivity contribution is 5.93. The Bertz CT molecular complexity index is 1110. The molecule has 4 aromatic rings. The van der Waals surface area contributed by atoms with Crippen LogP contribution in [0.5, 0.6) is 0 Å². The summed E-state index contributed by atoms with van der Waals surface area (Å²) in [6.45, 7) is 4.33. The highest BCUT2D eigenvalue weighted by atomic mass is 16.2. The summed E-state index contributed by atoms with van der Waals surface area (Å²) >= 11 is 0. The highest BCUT2D eigenvalue weighted by Gasteiger charge is 2.18. The maximum absolute atomic E-state index is 12.8. The maximum atomic E-state index is 12.8. The fourth-order valence-electron chi connectivity index (χ4n) is 3.10. The third-order valence-electron chi connectivity index (χ3n) is 4.38. The SMILES string of the molecule is Cc1cc(C)n2nc(C(=O)N(C)Cc3cnn(-c4ccccc4)c3)cc2n1. The average Bonchev–Trinajstić information content (AvgIpc) is 3.29. The molecule has 7 nitrogen and oxygen atoms in total. The number of amides is 1. The minimum atomic E-state index is -0.148. The number of rotatable bonds is 4. The van der Waals surface area contributed by atoms with E-state index in [1.54, 1.807) is 33.4 Å². The van der Waals surface area contributed by atoms with Gasteiger partial charge in [0.2, 0.25) is 0 Å². The van der Waals surface area contributed by atoms with Crippen molar-refractivity contribution in [3.8, 4) is 5.69 Å². The van der Waals surface area contributed by atoms with Crippen molar-refractivity contribution < 1.29 is 4.79 Å². The van der Waals surface area contributed by atoms with Crippen molar-refractivity contribution in [1.82, 2.24) is 29.3 Å². The summed E-state index contributed by atoms with van der Waals surface area (Å²) in [7, 11) is 1.76. The number of aromatic nitrogens is 5. The standard InChI is InChI=1S/C20H20N6O/c1-14-9-15(2)26-19(22-14)10-18(23-26)20(27)24(3)12-16-11-21-25(13-16)17-7-5-4-6-8-17/h4-11,13H,12H2,1-3H3. The second-order valence-corrected chi connectivity index (χ2v) is 6.63. The molecular weight excluding hydrogens is 340 g/mol. The summed E-state index contributed by atoms with van der Waals surface area (Å²) in [5.74, 6) is -0.148. The van der Waals surface area contributed by atoms with Crippen LogP contribution in [0.2, 0.25) is 0 Å². The van der Waals surface area contributed by atoms with E-state index in [4.69, 9.17) is 0 Å². The molecule has 0 N–H and O–H groups in total. The van der Waals surface area contributed by atoms with Crippen molar-refractivity contribution in [3.63, 3.8) is 0 Å². The molecule has 0 radical (unpaired) electrons. The zero-order valence-electron chi connectivity index (χ0n) is 15.5. The minimum absolute atomic E-state index is 0.148. The minimum Gasteiger partial charge on any atom is -0.336 e. The van der Waals surface area contributed by atoms with Gasteiger partial charge in [-0.15, -0.1) is 0 Å². The molecule has 1 aromatic carbocycles.